The molecule has 0 heterocycles. The van der Waals surface area contributed by atoms with E-state index in [0.29, 0.717) is 5.56 Å². The summed E-state index contributed by atoms with van der Waals surface area (Å²) in [5.74, 6) is -1.13. The number of rotatable bonds is 8. The molecule has 0 atom stereocenters. The van der Waals surface area contributed by atoms with Gasteiger partial charge in [0.25, 0.3) is 5.69 Å². The smallest absolute Gasteiger partial charge is 0.328 e. The first-order valence-corrected chi connectivity index (χ1v) is 6.94. The van der Waals surface area contributed by atoms with Crippen molar-refractivity contribution in [3.05, 3.63) is 40.0 Å². The third-order valence-electron chi connectivity index (χ3n) is 2.97. The molecule has 0 saturated heterocycles. The Morgan fingerprint density at radius 3 is 2.43 bits per heavy atom. The van der Waals surface area contributed by atoms with Gasteiger partial charge in [-0.05, 0) is 31.1 Å². The first-order chi connectivity index (χ1) is 9.99. The van der Waals surface area contributed by atoms with Crippen LogP contribution in [0.3, 0.4) is 0 Å². The van der Waals surface area contributed by atoms with Crippen LogP contribution in [0.4, 0.5) is 11.4 Å². The first kappa shape index (κ1) is 16.7. The fraction of sp³-hybridized carbons (Fsp3) is 0.400. The van der Waals surface area contributed by atoms with Crippen molar-refractivity contribution in [2.75, 3.05) is 18.0 Å². The highest BCUT2D eigenvalue weighted by atomic mass is 16.6. The van der Waals surface area contributed by atoms with E-state index in [0.717, 1.165) is 37.7 Å². The molecular formula is C15H20N2O4. The quantitative estimate of drug-likeness (QED) is 0.451. The van der Waals surface area contributed by atoms with E-state index in [1.807, 2.05) is 0 Å². The molecule has 0 aromatic heterocycles. The lowest BCUT2D eigenvalue weighted by molar-refractivity contribution is -0.385. The van der Waals surface area contributed by atoms with Crippen molar-refractivity contribution < 1.29 is 14.8 Å². The Morgan fingerprint density at radius 1 is 1.33 bits per heavy atom. The van der Waals surface area contributed by atoms with E-state index < -0.39 is 10.9 Å². The monoisotopic (exact) mass is 292 g/mol. The van der Waals surface area contributed by atoms with Crippen LogP contribution in [0.15, 0.2) is 24.3 Å². The summed E-state index contributed by atoms with van der Waals surface area (Å²) in [5.41, 5.74) is 1.08. The maximum atomic E-state index is 11.0. The lowest BCUT2D eigenvalue weighted by atomic mass is 10.1. The molecule has 1 rings (SSSR count). The molecule has 21 heavy (non-hydrogen) atoms. The summed E-state index contributed by atoms with van der Waals surface area (Å²) in [7, 11) is 0. The van der Waals surface area contributed by atoms with Crippen molar-refractivity contribution in [2.24, 2.45) is 0 Å². The minimum atomic E-state index is -1.13. The standard InChI is InChI=1S/C15H20N2O4/c1-3-9-16(10-4-2)13-6-7-14(17(20)21)12(11-13)5-8-15(18)19/h5-8,11H,3-4,9-10H2,1-2H3,(H,18,19)/b8-5+. The second-order valence-corrected chi connectivity index (χ2v) is 4.66. The molecule has 1 N–H and O–H groups in total. The number of anilines is 1. The molecule has 0 aliphatic carbocycles. The fourth-order valence-corrected chi connectivity index (χ4v) is 2.11. The molecule has 0 unspecified atom stereocenters. The zero-order chi connectivity index (χ0) is 15.8. The van der Waals surface area contributed by atoms with Gasteiger partial charge in [-0.2, -0.15) is 0 Å². The zero-order valence-electron chi connectivity index (χ0n) is 12.3. The van der Waals surface area contributed by atoms with Gasteiger partial charge in [-0.15, -0.1) is 0 Å². The highest BCUT2D eigenvalue weighted by Gasteiger charge is 2.14. The summed E-state index contributed by atoms with van der Waals surface area (Å²) in [6.07, 6.45) is 4.12. The molecular weight excluding hydrogens is 272 g/mol. The Bertz CT molecular complexity index is 534. The average Bonchev–Trinajstić information content (AvgIpc) is 2.44. The van der Waals surface area contributed by atoms with Gasteiger partial charge in [-0.1, -0.05) is 13.8 Å². The van der Waals surface area contributed by atoms with Crippen LogP contribution >= 0.6 is 0 Å². The van der Waals surface area contributed by atoms with Crippen LogP contribution < -0.4 is 4.90 Å². The third kappa shape index (κ3) is 4.91. The van der Waals surface area contributed by atoms with Crippen molar-refractivity contribution >= 4 is 23.4 Å². The lowest BCUT2D eigenvalue weighted by Crippen LogP contribution is -2.24. The van der Waals surface area contributed by atoms with Crippen molar-refractivity contribution in [1.29, 1.82) is 0 Å². The Kier molecular flexibility index (Phi) is 6.39. The summed E-state index contributed by atoms with van der Waals surface area (Å²) in [6.45, 7) is 5.85. The molecule has 0 aliphatic heterocycles. The number of benzene rings is 1. The van der Waals surface area contributed by atoms with Crippen LogP contribution in [0, 0.1) is 10.1 Å². The van der Waals surface area contributed by atoms with Gasteiger partial charge in [0.05, 0.1) is 10.5 Å². The second-order valence-electron chi connectivity index (χ2n) is 4.66. The topological polar surface area (TPSA) is 83.7 Å². The highest BCUT2D eigenvalue weighted by molar-refractivity contribution is 5.86. The minimum Gasteiger partial charge on any atom is -0.478 e. The van der Waals surface area contributed by atoms with Gasteiger partial charge in [-0.25, -0.2) is 4.79 Å². The predicted octanol–water partition coefficient (Wildman–Crippen LogP) is 3.32. The molecule has 114 valence electrons. The number of carboxylic acids is 1. The van der Waals surface area contributed by atoms with Crippen LogP contribution in [0.25, 0.3) is 6.08 Å². The zero-order valence-corrected chi connectivity index (χ0v) is 12.3. The van der Waals surface area contributed by atoms with E-state index in [1.54, 1.807) is 12.1 Å². The van der Waals surface area contributed by atoms with Crippen LogP contribution in [0.2, 0.25) is 0 Å². The van der Waals surface area contributed by atoms with Crippen LogP contribution in [-0.2, 0) is 4.79 Å². The van der Waals surface area contributed by atoms with Crippen molar-refractivity contribution in [2.45, 2.75) is 26.7 Å². The van der Waals surface area contributed by atoms with Gasteiger partial charge in [0.15, 0.2) is 0 Å². The molecule has 0 fully saturated rings. The summed E-state index contributed by atoms with van der Waals surface area (Å²) in [5, 5.41) is 19.7. The number of aliphatic carboxylic acids is 1. The highest BCUT2D eigenvalue weighted by Crippen LogP contribution is 2.26. The predicted molar refractivity (Wildman–Crippen MR) is 82.6 cm³/mol. The number of nitrogens with zero attached hydrogens (tertiary/aromatic N) is 2. The molecule has 0 saturated carbocycles. The molecule has 6 nitrogen and oxygen atoms in total. The molecule has 0 amide bonds. The van der Waals surface area contributed by atoms with E-state index >= 15 is 0 Å². The molecule has 0 radical (unpaired) electrons. The minimum absolute atomic E-state index is 0.0933. The maximum Gasteiger partial charge on any atom is 0.328 e. The molecule has 0 aliphatic rings. The van der Waals surface area contributed by atoms with Crippen LogP contribution in [-0.4, -0.2) is 29.1 Å². The summed E-state index contributed by atoms with van der Waals surface area (Å²) >= 11 is 0. The van der Waals surface area contributed by atoms with Gasteiger partial charge >= 0.3 is 5.97 Å². The Morgan fingerprint density at radius 2 is 1.95 bits per heavy atom. The number of carbonyl (C=O) groups is 1. The average molecular weight is 292 g/mol. The first-order valence-electron chi connectivity index (χ1n) is 6.94. The number of hydrogen-bond donors (Lipinski definition) is 1. The van der Waals surface area contributed by atoms with Crippen molar-refractivity contribution in [3.8, 4) is 0 Å². The molecule has 1 aromatic carbocycles. The van der Waals surface area contributed by atoms with Gasteiger partial charge < -0.3 is 10.0 Å². The largest absolute Gasteiger partial charge is 0.478 e. The van der Waals surface area contributed by atoms with Crippen molar-refractivity contribution in [1.82, 2.24) is 0 Å². The Hall–Kier alpha value is -2.37. The van der Waals surface area contributed by atoms with Gasteiger partial charge in [0.1, 0.15) is 0 Å². The molecule has 6 heteroatoms. The summed E-state index contributed by atoms with van der Waals surface area (Å²) in [6, 6.07) is 4.81. The third-order valence-corrected chi connectivity index (χ3v) is 2.97. The van der Waals surface area contributed by atoms with Gasteiger partial charge in [-0.3, -0.25) is 10.1 Å². The van der Waals surface area contributed by atoms with E-state index in [9.17, 15) is 14.9 Å². The maximum absolute atomic E-state index is 11.0. The Labute approximate surface area is 123 Å². The van der Waals surface area contributed by atoms with Crippen molar-refractivity contribution in [3.63, 3.8) is 0 Å². The molecule has 1 aromatic rings. The number of nitro benzene ring substituents is 1. The summed E-state index contributed by atoms with van der Waals surface area (Å²) in [4.78, 5) is 23.3. The van der Waals surface area contributed by atoms with E-state index in [4.69, 9.17) is 5.11 Å². The van der Waals surface area contributed by atoms with Crippen LogP contribution in [0.1, 0.15) is 32.3 Å². The van der Waals surface area contributed by atoms with Gasteiger partial charge in [0.2, 0.25) is 0 Å². The lowest BCUT2D eigenvalue weighted by Gasteiger charge is -2.24. The van der Waals surface area contributed by atoms with Gasteiger partial charge in [0, 0.05) is 30.9 Å². The van der Waals surface area contributed by atoms with E-state index in [-0.39, 0.29) is 5.69 Å². The SMILES string of the molecule is CCCN(CCC)c1ccc([N+](=O)[O-])c(/C=C/C(=O)O)c1. The summed E-state index contributed by atoms with van der Waals surface area (Å²) < 4.78 is 0. The van der Waals surface area contributed by atoms with Crippen LogP contribution in [0.5, 0.6) is 0 Å². The number of carboxylic acid groups (broad SMARTS) is 1. The molecule has 0 bridgehead atoms. The number of nitro groups is 1. The van der Waals surface area contributed by atoms with E-state index in [1.165, 1.54) is 12.1 Å². The normalized spacial score (nSPS) is 10.8. The fourth-order valence-electron chi connectivity index (χ4n) is 2.11. The number of hydrogen-bond acceptors (Lipinski definition) is 4. The second kappa shape index (κ2) is 8.04. The molecule has 0 spiro atoms. The van der Waals surface area contributed by atoms with E-state index in [2.05, 4.69) is 18.7 Å². The Balaban J connectivity index is 3.21.